The number of anilines is 1. The first-order valence-electron chi connectivity index (χ1n) is 5.59. The van der Waals surface area contributed by atoms with E-state index in [0.717, 1.165) is 0 Å². The van der Waals surface area contributed by atoms with E-state index < -0.39 is 11.8 Å². The number of aromatic amines is 1. The van der Waals surface area contributed by atoms with Crippen LogP contribution < -0.4 is 16.5 Å². The molecular weight excluding hydrogens is 307 g/mol. The van der Waals surface area contributed by atoms with Gasteiger partial charge in [0.05, 0.1) is 22.5 Å². The predicted octanol–water partition coefficient (Wildman–Crippen LogP) is 2.30. The maximum absolute atomic E-state index is 11.5. The summed E-state index contributed by atoms with van der Waals surface area (Å²) in [5.41, 5.74) is 4.52. The number of halogens is 2. The Balaban J connectivity index is 2.42. The largest absolute Gasteiger partial charge is 0.449 e. The van der Waals surface area contributed by atoms with Crippen molar-refractivity contribution in [1.82, 2.24) is 15.4 Å². The second-order valence-corrected chi connectivity index (χ2v) is 4.51. The second-order valence-electron chi connectivity index (χ2n) is 3.67. The van der Waals surface area contributed by atoms with Gasteiger partial charge in [-0.15, -0.1) is 0 Å². The predicted molar refractivity (Wildman–Crippen MR) is 76.2 cm³/mol. The zero-order valence-electron chi connectivity index (χ0n) is 10.3. The Hall–Kier alpha value is -1.99. The summed E-state index contributed by atoms with van der Waals surface area (Å²) >= 11 is 11.9. The van der Waals surface area contributed by atoms with Crippen LogP contribution in [0.3, 0.4) is 0 Å². The minimum Gasteiger partial charge on any atom is -0.449 e. The average Bonchev–Trinajstić information content (AvgIpc) is 2.35. The summed E-state index contributed by atoms with van der Waals surface area (Å²) in [4.78, 5) is 28.9. The SMILES string of the molecule is CCOC(=O)NNc1nc(=O)[nH]c2cc(Cl)cc(Cl)c12. The molecule has 0 radical (unpaired) electrons. The summed E-state index contributed by atoms with van der Waals surface area (Å²) in [6, 6.07) is 3.03. The van der Waals surface area contributed by atoms with Crippen LogP contribution in [0.2, 0.25) is 10.0 Å². The molecule has 0 aliphatic carbocycles. The summed E-state index contributed by atoms with van der Waals surface area (Å²) in [5.74, 6) is 0.0958. The van der Waals surface area contributed by atoms with Crippen LogP contribution in [0.5, 0.6) is 0 Å². The van der Waals surface area contributed by atoms with Crippen molar-refractivity contribution < 1.29 is 9.53 Å². The molecule has 1 aromatic heterocycles. The molecule has 3 N–H and O–H groups in total. The Bertz CT molecular complexity index is 717. The van der Waals surface area contributed by atoms with Crippen LogP contribution in [0.1, 0.15) is 6.92 Å². The smallest absolute Gasteiger partial charge is 0.425 e. The number of H-pyrrole nitrogens is 1. The Morgan fingerprint density at radius 1 is 1.45 bits per heavy atom. The van der Waals surface area contributed by atoms with Crippen LogP contribution in [-0.4, -0.2) is 22.7 Å². The molecule has 0 aliphatic rings. The van der Waals surface area contributed by atoms with Crippen LogP contribution in [0.25, 0.3) is 10.9 Å². The molecule has 0 unspecified atom stereocenters. The first-order valence-corrected chi connectivity index (χ1v) is 6.34. The maximum atomic E-state index is 11.5. The lowest BCUT2D eigenvalue weighted by molar-refractivity contribution is 0.154. The van der Waals surface area contributed by atoms with Gasteiger partial charge in [-0.25, -0.2) is 15.0 Å². The number of benzene rings is 1. The third-order valence-electron chi connectivity index (χ3n) is 2.31. The van der Waals surface area contributed by atoms with Gasteiger partial charge in [-0.2, -0.15) is 4.98 Å². The fourth-order valence-corrected chi connectivity index (χ4v) is 2.16. The number of rotatable bonds is 3. The number of hydrogen-bond donors (Lipinski definition) is 3. The van der Waals surface area contributed by atoms with Crippen LogP contribution in [-0.2, 0) is 4.74 Å². The highest BCUT2D eigenvalue weighted by Gasteiger charge is 2.11. The van der Waals surface area contributed by atoms with E-state index in [9.17, 15) is 9.59 Å². The van der Waals surface area contributed by atoms with Crippen molar-refractivity contribution in [1.29, 1.82) is 0 Å². The number of nitrogens with one attached hydrogen (secondary N) is 3. The molecule has 0 saturated carbocycles. The summed E-state index contributed by atoms with van der Waals surface area (Å²) < 4.78 is 4.67. The topological polar surface area (TPSA) is 96.1 Å². The number of hydrazine groups is 1. The number of carbonyl (C=O) groups is 1. The van der Waals surface area contributed by atoms with Gasteiger partial charge in [0, 0.05) is 5.02 Å². The van der Waals surface area contributed by atoms with Crippen LogP contribution in [0, 0.1) is 0 Å². The van der Waals surface area contributed by atoms with Gasteiger partial charge in [-0.05, 0) is 19.1 Å². The summed E-state index contributed by atoms with van der Waals surface area (Å²) in [7, 11) is 0. The summed E-state index contributed by atoms with van der Waals surface area (Å²) in [6.07, 6.45) is -0.701. The maximum Gasteiger partial charge on any atom is 0.425 e. The third kappa shape index (κ3) is 3.12. The normalized spacial score (nSPS) is 10.3. The molecule has 0 aliphatic heterocycles. The highest BCUT2D eigenvalue weighted by atomic mass is 35.5. The minimum absolute atomic E-state index is 0.0958. The van der Waals surface area contributed by atoms with Crippen LogP contribution in [0.4, 0.5) is 10.6 Å². The molecule has 9 heteroatoms. The molecule has 0 saturated heterocycles. The van der Waals surface area contributed by atoms with E-state index in [4.69, 9.17) is 23.2 Å². The van der Waals surface area contributed by atoms with Crippen molar-refractivity contribution in [2.24, 2.45) is 0 Å². The Morgan fingerprint density at radius 3 is 2.90 bits per heavy atom. The lowest BCUT2D eigenvalue weighted by atomic mass is 10.2. The first-order chi connectivity index (χ1) is 9.51. The highest BCUT2D eigenvalue weighted by molar-refractivity contribution is 6.39. The zero-order chi connectivity index (χ0) is 14.7. The number of fused-ring (bicyclic) bond motifs is 1. The molecular formula is C11H10Cl2N4O3. The van der Waals surface area contributed by atoms with Gasteiger partial charge in [0.1, 0.15) is 0 Å². The van der Waals surface area contributed by atoms with Gasteiger partial charge in [0.2, 0.25) is 0 Å². The first kappa shape index (κ1) is 14.4. The molecule has 0 atom stereocenters. The summed E-state index contributed by atoms with van der Waals surface area (Å²) in [5, 5.41) is 1.07. The van der Waals surface area contributed by atoms with E-state index in [2.05, 4.69) is 25.6 Å². The quantitative estimate of drug-likeness (QED) is 0.755. The minimum atomic E-state index is -0.701. The van der Waals surface area contributed by atoms with Crippen molar-refractivity contribution >= 4 is 46.0 Å². The fourth-order valence-electron chi connectivity index (χ4n) is 1.58. The molecule has 2 aromatic rings. The van der Waals surface area contributed by atoms with Crippen molar-refractivity contribution in [3.8, 4) is 0 Å². The Morgan fingerprint density at radius 2 is 2.20 bits per heavy atom. The van der Waals surface area contributed by atoms with Gasteiger partial charge in [0.25, 0.3) is 0 Å². The van der Waals surface area contributed by atoms with Crippen molar-refractivity contribution in [3.05, 3.63) is 32.7 Å². The molecule has 0 spiro atoms. The van der Waals surface area contributed by atoms with E-state index in [0.29, 0.717) is 15.9 Å². The molecule has 1 heterocycles. The van der Waals surface area contributed by atoms with Crippen molar-refractivity contribution in [2.45, 2.75) is 6.92 Å². The molecule has 2 rings (SSSR count). The molecule has 20 heavy (non-hydrogen) atoms. The van der Waals surface area contributed by atoms with Crippen LogP contribution in [0.15, 0.2) is 16.9 Å². The van der Waals surface area contributed by atoms with E-state index in [-0.39, 0.29) is 17.4 Å². The Labute approximate surface area is 123 Å². The molecule has 0 fully saturated rings. The van der Waals surface area contributed by atoms with E-state index >= 15 is 0 Å². The van der Waals surface area contributed by atoms with Gasteiger partial charge in [-0.3, -0.25) is 5.43 Å². The van der Waals surface area contributed by atoms with Gasteiger partial charge < -0.3 is 9.72 Å². The number of ether oxygens (including phenoxy) is 1. The summed E-state index contributed by atoms with van der Waals surface area (Å²) in [6.45, 7) is 1.88. The number of nitrogens with zero attached hydrogens (tertiary/aromatic N) is 1. The van der Waals surface area contributed by atoms with Gasteiger partial charge in [-0.1, -0.05) is 23.2 Å². The number of carbonyl (C=O) groups excluding carboxylic acids is 1. The molecule has 7 nitrogen and oxygen atoms in total. The van der Waals surface area contributed by atoms with Crippen molar-refractivity contribution in [3.63, 3.8) is 0 Å². The van der Waals surface area contributed by atoms with Gasteiger partial charge in [0.15, 0.2) is 5.82 Å². The fraction of sp³-hybridized carbons (Fsp3) is 0.182. The average molecular weight is 317 g/mol. The zero-order valence-corrected chi connectivity index (χ0v) is 11.8. The molecule has 0 bridgehead atoms. The number of hydrogen-bond acceptors (Lipinski definition) is 5. The highest BCUT2D eigenvalue weighted by Crippen LogP contribution is 2.29. The van der Waals surface area contributed by atoms with E-state index in [1.54, 1.807) is 6.92 Å². The monoisotopic (exact) mass is 316 g/mol. The third-order valence-corrected chi connectivity index (χ3v) is 2.82. The standard InChI is InChI=1S/C11H10Cl2N4O3/c1-2-20-11(19)17-16-9-8-6(13)3-5(12)4-7(8)14-10(18)15-9/h3-4H,2H2,1H3,(H,17,19)(H2,14,15,16,18). The molecule has 106 valence electrons. The molecule has 1 aromatic carbocycles. The van der Waals surface area contributed by atoms with Gasteiger partial charge >= 0.3 is 11.8 Å². The second kappa shape index (κ2) is 5.98. The lowest BCUT2D eigenvalue weighted by Crippen LogP contribution is -2.31. The Kier molecular flexibility index (Phi) is 4.31. The number of amides is 1. The van der Waals surface area contributed by atoms with E-state index in [1.165, 1.54) is 12.1 Å². The van der Waals surface area contributed by atoms with Crippen LogP contribution >= 0.6 is 23.2 Å². The molecule has 1 amide bonds. The number of aromatic nitrogens is 2. The lowest BCUT2D eigenvalue weighted by Gasteiger charge is -2.10. The van der Waals surface area contributed by atoms with Crippen molar-refractivity contribution in [2.75, 3.05) is 12.0 Å². The van der Waals surface area contributed by atoms with E-state index in [1.807, 2.05) is 0 Å².